The van der Waals surface area contributed by atoms with E-state index < -0.39 is 0 Å². The number of rotatable bonds is 4. The molecule has 0 amide bonds. The Labute approximate surface area is 195 Å². The molecule has 0 bridgehead atoms. The summed E-state index contributed by atoms with van der Waals surface area (Å²) < 4.78 is 5.04. The molecular formula is C31H30N2. The van der Waals surface area contributed by atoms with E-state index in [-0.39, 0.29) is 0 Å². The lowest BCUT2D eigenvalue weighted by Crippen LogP contribution is -2.04. The second-order valence-corrected chi connectivity index (χ2v) is 9.74. The Kier molecular flexibility index (Phi) is 4.58. The fraction of sp³-hybridized carbons (Fsp3) is 0.226. The van der Waals surface area contributed by atoms with Crippen molar-refractivity contribution >= 4 is 43.6 Å². The quantitative estimate of drug-likeness (QED) is 0.266. The van der Waals surface area contributed by atoms with Crippen molar-refractivity contribution in [1.29, 1.82) is 0 Å². The molecule has 0 unspecified atom stereocenters. The summed E-state index contributed by atoms with van der Waals surface area (Å²) in [7, 11) is 0. The van der Waals surface area contributed by atoms with E-state index in [1.807, 2.05) is 0 Å². The highest BCUT2D eigenvalue weighted by atomic mass is 15.0. The number of nitrogens with zero attached hydrogens (tertiary/aromatic N) is 2. The largest absolute Gasteiger partial charge is 0.340 e. The van der Waals surface area contributed by atoms with Crippen LogP contribution in [0.25, 0.3) is 43.6 Å². The van der Waals surface area contributed by atoms with Gasteiger partial charge >= 0.3 is 0 Å². The standard InChI is InChI=1S/C31H30N2/c1-20-6-10-28-24(16-20)25-17-21(2)7-11-29(25)32(28)14-5-15-33-30-12-8-22(3)18-26(30)27-19-23(4)9-13-31(27)33/h6-13,16-19H,5,14-15H2,1-4H3. The summed E-state index contributed by atoms with van der Waals surface area (Å²) in [6.07, 6.45) is 1.08. The van der Waals surface area contributed by atoms with Crippen molar-refractivity contribution < 1.29 is 0 Å². The molecule has 2 heterocycles. The first-order valence-corrected chi connectivity index (χ1v) is 12.0. The molecule has 33 heavy (non-hydrogen) atoms. The van der Waals surface area contributed by atoms with Crippen LogP contribution >= 0.6 is 0 Å². The predicted octanol–water partition coefficient (Wildman–Crippen LogP) is 8.23. The van der Waals surface area contributed by atoms with Gasteiger partial charge in [-0.2, -0.15) is 0 Å². The molecule has 0 spiro atoms. The lowest BCUT2D eigenvalue weighted by Gasteiger charge is -2.11. The van der Waals surface area contributed by atoms with Crippen LogP contribution in [0, 0.1) is 27.7 Å². The van der Waals surface area contributed by atoms with Crippen molar-refractivity contribution in [3.63, 3.8) is 0 Å². The minimum Gasteiger partial charge on any atom is -0.340 e. The molecular weight excluding hydrogens is 400 g/mol. The van der Waals surface area contributed by atoms with Gasteiger partial charge in [-0.1, -0.05) is 46.5 Å². The number of benzene rings is 4. The molecule has 4 aromatic carbocycles. The molecule has 0 aliphatic heterocycles. The summed E-state index contributed by atoms with van der Waals surface area (Å²) in [5.74, 6) is 0. The van der Waals surface area contributed by atoms with Crippen LogP contribution in [0.2, 0.25) is 0 Å². The van der Waals surface area contributed by atoms with Crippen LogP contribution in [0.5, 0.6) is 0 Å². The van der Waals surface area contributed by atoms with Gasteiger partial charge in [0, 0.05) is 56.7 Å². The number of fused-ring (bicyclic) bond motifs is 6. The molecule has 2 nitrogen and oxygen atoms in total. The SMILES string of the molecule is Cc1ccc2c(c1)c1cc(C)ccc1n2CCCn1c2ccc(C)cc2c2cc(C)ccc21. The smallest absolute Gasteiger partial charge is 0.0491 e. The first-order chi connectivity index (χ1) is 16.0. The molecule has 0 aliphatic rings. The van der Waals surface area contributed by atoms with Gasteiger partial charge in [-0.25, -0.2) is 0 Å². The fourth-order valence-corrected chi connectivity index (χ4v) is 5.53. The van der Waals surface area contributed by atoms with Crippen LogP contribution in [-0.2, 0) is 13.1 Å². The fourth-order valence-electron chi connectivity index (χ4n) is 5.53. The van der Waals surface area contributed by atoms with Gasteiger partial charge in [-0.15, -0.1) is 0 Å². The number of aromatic nitrogens is 2. The predicted molar refractivity (Wildman–Crippen MR) is 142 cm³/mol. The van der Waals surface area contributed by atoms with Crippen molar-refractivity contribution in [2.45, 2.75) is 47.2 Å². The molecule has 6 rings (SSSR count). The maximum Gasteiger partial charge on any atom is 0.0491 e. The Balaban J connectivity index is 1.41. The molecule has 6 aromatic rings. The second-order valence-electron chi connectivity index (χ2n) is 9.74. The van der Waals surface area contributed by atoms with Gasteiger partial charge in [0.1, 0.15) is 0 Å². The van der Waals surface area contributed by atoms with Crippen molar-refractivity contribution in [2.75, 3.05) is 0 Å². The molecule has 0 saturated carbocycles. The van der Waals surface area contributed by atoms with Crippen molar-refractivity contribution in [1.82, 2.24) is 9.13 Å². The first kappa shape index (κ1) is 20.1. The topological polar surface area (TPSA) is 9.86 Å². The van der Waals surface area contributed by atoms with E-state index >= 15 is 0 Å². The van der Waals surface area contributed by atoms with Crippen LogP contribution in [0.3, 0.4) is 0 Å². The van der Waals surface area contributed by atoms with E-state index in [2.05, 4.69) is 110 Å². The van der Waals surface area contributed by atoms with E-state index in [1.165, 1.54) is 65.9 Å². The highest BCUT2D eigenvalue weighted by Gasteiger charge is 2.13. The summed E-state index contributed by atoms with van der Waals surface area (Å²) in [5, 5.41) is 5.49. The zero-order chi connectivity index (χ0) is 22.7. The molecule has 2 heteroatoms. The van der Waals surface area contributed by atoms with Crippen LogP contribution in [0.1, 0.15) is 28.7 Å². The summed E-state index contributed by atoms with van der Waals surface area (Å²) >= 11 is 0. The van der Waals surface area contributed by atoms with E-state index in [0.29, 0.717) is 0 Å². The van der Waals surface area contributed by atoms with E-state index in [1.54, 1.807) is 0 Å². The van der Waals surface area contributed by atoms with E-state index in [9.17, 15) is 0 Å². The van der Waals surface area contributed by atoms with Crippen LogP contribution in [0.4, 0.5) is 0 Å². The van der Waals surface area contributed by atoms with Gasteiger partial charge in [-0.3, -0.25) is 0 Å². The summed E-state index contributed by atoms with van der Waals surface area (Å²) in [4.78, 5) is 0. The van der Waals surface area contributed by atoms with Crippen LogP contribution < -0.4 is 0 Å². The Hall–Kier alpha value is -3.52. The van der Waals surface area contributed by atoms with Crippen molar-refractivity contribution in [3.05, 3.63) is 95.1 Å². The first-order valence-electron chi connectivity index (χ1n) is 12.0. The van der Waals surface area contributed by atoms with Crippen LogP contribution in [0.15, 0.2) is 72.8 Å². The molecule has 0 fully saturated rings. The van der Waals surface area contributed by atoms with Gasteiger partial charge < -0.3 is 9.13 Å². The Morgan fingerprint density at radius 2 is 0.697 bits per heavy atom. The van der Waals surface area contributed by atoms with Crippen molar-refractivity contribution in [2.24, 2.45) is 0 Å². The molecule has 164 valence electrons. The zero-order valence-corrected chi connectivity index (χ0v) is 19.9. The highest BCUT2D eigenvalue weighted by Crippen LogP contribution is 2.33. The van der Waals surface area contributed by atoms with Gasteiger partial charge in [-0.05, 0) is 82.6 Å². The second kappa shape index (κ2) is 7.52. The molecule has 0 atom stereocenters. The average molecular weight is 431 g/mol. The third kappa shape index (κ3) is 3.24. The Bertz CT molecular complexity index is 1430. The third-order valence-corrected chi connectivity index (χ3v) is 7.12. The third-order valence-electron chi connectivity index (χ3n) is 7.12. The zero-order valence-electron chi connectivity index (χ0n) is 19.9. The summed E-state index contributed by atoms with van der Waals surface area (Å²) in [6, 6.07) is 27.5. The maximum atomic E-state index is 2.52. The minimum atomic E-state index is 1.00. The number of aryl methyl sites for hydroxylation is 6. The van der Waals surface area contributed by atoms with Gasteiger partial charge in [0.2, 0.25) is 0 Å². The number of hydrogen-bond donors (Lipinski definition) is 0. The summed E-state index contributed by atoms with van der Waals surface area (Å²) in [5.41, 5.74) is 10.6. The van der Waals surface area contributed by atoms with E-state index in [4.69, 9.17) is 0 Å². The molecule has 0 aliphatic carbocycles. The normalized spacial score (nSPS) is 12.0. The van der Waals surface area contributed by atoms with Crippen LogP contribution in [-0.4, -0.2) is 9.13 Å². The van der Waals surface area contributed by atoms with Crippen molar-refractivity contribution in [3.8, 4) is 0 Å². The molecule has 2 aromatic heterocycles. The molecule has 0 saturated heterocycles. The average Bonchev–Trinajstić information content (AvgIpc) is 3.25. The Morgan fingerprint density at radius 1 is 0.424 bits per heavy atom. The van der Waals surface area contributed by atoms with Gasteiger partial charge in [0.25, 0.3) is 0 Å². The van der Waals surface area contributed by atoms with Gasteiger partial charge in [0.15, 0.2) is 0 Å². The summed E-state index contributed by atoms with van der Waals surface area (Å²) in [6.45, 7) is 10.7. The monoisotopic (exact) mass is 430 g/mol. The molecule has 0 N–H and O–H groups in total. The Morgan fingerprint density at radius 3 is 0.970 bits per heavy atom. The van der Waals surface area contributed by atoms with Gasteiger partial charge in [0.05, 0.1) is 0 Å². The lowest BCUT2D eigenvalue weighted by atomic mass is 10.1. The molecule has 0 radical (unpaired) electrons. The highest BCUT2D eigenvalue weighted by molar-refractivity contribution is 6.09. The maximum absolute atomic E-state index is 2.52. The number of hydrogen-bond acceptors (Lipinski definition) is 0. The van der Waals surface area contributed by atoms with E-state index in [0.717, 1.165) is 19.5 Å². The minimum absolute atomic E-state index is 1.00. The lowest BCUT2D eigenvalue weighted by molar-refractivity contribution is 0.603.